The molecule has 0 aliphatic carbocycles. The first-order valence-electron chi connectivity index (χ1n) is 7.32. The van der Waals surface area contributed by atoms with Crippen LogP contribution >= 0.6 is 0 Å². The van der Waals surface area contributed by atoms with E-state index >= 15 is 0 Å². The van der Waals surface area contributed by atoms with Crippen molar-refractivity contribution in [3.63, 3.8) is 0 Å². The number of amides is 1. The van der Waals surface area contributed by atoms with Crippen LogP contribution < -0.4 is 0 Å². The van der Waals surface area contributed by atoms with E-state index in [2.05, 4.69) is 0 Å². The van der Waals surface area contributed by atoms with Gasteiger partial charge in [0.15, 0.2) is 5.76 Å². The van der Waals surface area contributed by atoms with Gasteiger partial charge >= 0.3 is 5.97 Å². The Hall–Kier alpha value is -2.50. The van der Waals surface area contributed by atoms with Crippen LogP contribution in [0.15, 0.2) is 33.3 Å². The minimum atomic E-state index is -1.08. The molecule has 1 N–H and O–H groups in total. The second-order valence-corrected chi connectivity index (χ2v) is 5.28. The Morgan fingerprint density at radius 2 is 2.27 bits per heavy atom. The summed E-state index contributed by atoms with van der Waals surface area (Å²) in [5.74, 6) is -0.228. The molecule has 1 atom stereocenters. The zero-order valence-electron chi connectivity index (χ0n) is 12.2. The van der Waals surface area contributed by atoms with E-state index in [0.717, 1.165) is 18.6 Å². The molecular formula is C16H17NO5. The number of aryl methyl sites for hydroxylation is 1. The number of nitrogens with zero attached hydrogens (tertiary/aromatic N) is 1. The van der Waals surface area contributed by atoms with Crippen molar-refractivity contribution < 1.29 is 23.5 Å². The summed E-state index contributed by atoms with van der Waals surface area (Å²) in [4.78, 5) is 25.5. The third-order valence-corrected chi connectivity index (χ3v) is 3.96. The SMILES string of the molecule is CCc1oc(C(=O)N2CCCC2c2ccco2)cc1C(=O)O. The average molecular weight is 303 g/mol. The number of carbonyl (C=O) groups excluding carboxylic acids is 1. The molecule has 22 heavy (non-hydrogen) atoms. The van der Waals surface area contributed by atoms with Crippen molar-refractivity contribution in [1.29, 1.82) is 0 Å². The van der Waals surface area contributed by atoms with Crippen LogP contribution in [0.3, 0.4) is 0 Å². The van der Waals surface area contributed by atoms with Crippen LogP contribution in [-0.2, 0) is 6.42 Å². The molecule has 6 heteroatoms. The molecule has 0 spiro atoms. The Bertz CT molecular complexity index is 685. The van der Waals surface area contributed by atoms with Gasteiger partial charge in [-0.1, -0.05) is 6.92 Å². The first-order chi connectivity index (χ1) is 10.6. The Labute approximate surface area is 127 Å². The zero-order chi connectivity index (χ0) is 15.7. The lowest BCUT2D eigenvalue weighted by molar-refractivity contribution is 0.0679. The molecule has 116 valence electrons. The molecule has 1 aliphatic heterocycles. The molecule has 1 fully saturated rings. The molecule has 1 unspecified atom stereocenters. The second-order valence-electron chi connectivity index (χ2n) is 5.28. The average Bonchev–Trinajstić information content (AvgIpc) is 3.23. The number of likely N-dealkylation sites (tertiary alicyclic amines) is 1. The highest BCUT2D eigenvalue weighted by Gasteiger charge is 2.34. The summed E-state index contributed by atoms with van der Waals surface area (Å²) >= 11 is 0. The third-order valence-electron chi connectivity index (χ3n) is 3.96. The van der Waals surface area contributed by atoms with E-state index in [4.69, 9.17) is 13.9 Å². The highest BCUT2D eigenvalue weighted by Crippen LogP contribution is 2.33. The van der Waals surface area contributed by atoms with Crippen molar-refractivity contribution in [2.75, 3.05) is 6.54 Å². The van der Waals surface area contributed by atoms with Gasteiger partial charge in [0, 0.05) is 19.0 Å². The molecule has 1 amide bonds. The number of rotatable bonds is 4. The molecule has 0 saturated carbocycles. The van der Waals surface area contributed by atoms with Crippen LogP contribution in [0.2, 0.25) is 0 Å². The van der Waals surface area contributed by atoms with Gasteiger partial charge in [0.2, 0.25) is 0 Å². The van der Waals surface area contributed by atoms with Crippen molar-refractivity contribution in [1.82, 2.24) is 4.90 Å². The van der Waals surface area contributed by atoms with Crippen molar-refractivity contribution in [2.24, 2.45) is 0 Å². The highest BCUT2D eigenvalue weighted by atomic mass is 16.4. The lowest BCUT2D eigenvalue weighted by atomic mass is 10.1. The lowest BCUT2D eigenvalue weighted by Crippen LogP contribution is -2.30. The quantitative estimate of drug-likeness (QED) is 0.938. The van der Waals surface area contributed by atoms with Gasteiger partial charge in [0.25, 0.3) is 5.91 Å². The van der Waals surface area contributed by atoms with Crippen LogP contribution in [0.5, 0.6) is 0 Å². The number of carboxylic acid groups (broad SMARTS) is 1. The zero-order valence-corrected chi connectivity index (χ0v) is 12.2. The summed E-state index contributed by atoms with van der Waals surface area (Å²) in [7, 11) is 0. The van der Waals surface area contributed by atoms with Gasteiger partial charge in [-0.05, 0) is 25.0 Å². The van der Waals surface area contributed by atoms with Crippen LogP contribution in [0.1, 0.15) is 58.2 Å². The molecule has 0 radical (unpaired) electrons. The van der Waals surface area contributed by atoms with E-state index in [9.17, 15) is 9.59 Å². The van der Waals surface area contributed by atoms with Crippen LogP contribution in [-0.4, -0.2) is 28.4 Å². The van der Waals surface area contributed by atoms with Crippen LogP contribution in [0.25, 0.3) is 0 Å². The molecule has 2 aromatic heterocycles. The van der Waals surface area contributed by atoms with E-state index < -0.39 is 5.97 Å². The summed E-state index contributed by atoms with van der Waals surface area (Å²) in [6, 6.07) is 4.84. The van der Waals surface area contributed by atoms with Gasteiger partial charge in [0.1, 0.15) is 17.1 Å². The first-order valence-corrected chi connectivity index (χ1v) is 7.32. The number of aromatic carboxylic acids is 1. The van der Waals surface area contributed by atoms with Crippen LogP contribution in [0.4, 0.5) is 0 Å². The molecule has 0 aromatic carbocycles. The first kappa shape index (κ1) is 14.4. The monoisotopic (exact) mass is 303 g/mol. The van der Waals surface area contributed by atoms with Gasteiger partial charge in [-0.25, -0.2) is 4.79 Å². The highest BCUT2D eigenvalue weighted by molar-refractivity contribution is 5.96. The summed E-state index contributed by atoms with van der Waals surface area (Å²) in [5, 5.41) is 9.16. The minimum Gasteiger partial charge on any atom is -0.478 e. The third kappa shape index (κ3) is 2.41. The fourth-order valence-corrected chi connectivity index (χ4v) is 2.91. The molecule has 3 rings (SSSR count). The summed E-state index contributed by atoms with van der Waals surface area (Å²) < 4.78 is 10.9. The maximum atomic E-state index is 12.7. The predicted molar refractivity (Wildman–Crippen MR) is 76.8 cm³/mol. The maximum Gasteiger partial charge on any atom is 0.339 e. The molecule has 0 bridgehead atoms. The maximum absolute atomic E-state index is 12.7. The fourth-order valence-electron chi connectivity index (χ4n) is 2.91. The van der Waals surface area contributed by atoms with E-state index in [1.165, 1.54) is 6.07 Å². The normalized spacial score (nSPS) is 17.9. The van der Waals surface area contributed by atoms with Gasteiger partial charge in [-0.2, -0.15) is 0 Å². The number of hydrogen-bond donors (Lipinski definition) is 1. The van der Waals surface area contributed by atoms with Crippen LogP contribution in [0, 0.1) is 0 Å². The molecule has 3 heterocycles. The van der Waals surface area contributed by atoms with E-state index in [1.54, 1.807) is 24.2 Å². The number of hydrogen-bond acceptors (Lipinski definition) is 4. The minimum absolute atomic E-state index is 0.0552. The Morgan fingerprint density at radius 1 is 1.45 bits per heavy atom. The van der Waals surface area contributed by atoms with E-state index in [0.29, 0.717) is 18.7 Å². The molecule has 1 saturated heterocycles. The predicted octanol–water partition coefficient (Wildman–Crippen LogP) is 3.11. The van der Waals surface area contributed by atoms with Crippen molar-refractivity contribution in [3.8, 4) is 0 Å². The molecular weight excluding hydrogens is 286 g/mol. The lowest BCUT2D eigenvalue weighted by Gasteiger charge is -2.21. The molecule has 1 aliphatic rings. The van der Waals surface area contributed by atoms with Crippen molar-refractivity contribution in [3.05, 3.63) is 47.3 Å². The van der Waals surface area contributed by atoms with Gasteiger partial charge < -0.3 is 18.8 Å². The van der Waals surface area contributed by atoms with E-state index in [-0.39, 0.29) is 23.3 Å². The second kappa shape index (κ2) is 5.71. The standard InChI is InChI=1S/C16H17NO5/c1-2-12-10(16(19)20)9-14(22-12)15(18)17-7-3-5-11(17)13-6-4-8-21-13/h4,6,8-9,11H,2-3,5,7H2,1H3,(H,19,20). The van der Waals surface area contributed by atoms with Crippen molar-refractivity contribution in [2.45, 2.75) is 32.2 Å². The topological polar surface area (TPSA) is 83.9 Å². The number of carboxylic acids is 1. The van der Waals surface area contributed by atoms with Crippen molar-refractivity contribution >= 4 is 11.9 Å². The number of carbonyl (C=O) groups is 2. The van der Waals surface area contributed by atoms with E-state index in [1.807, 2.05) is 6.07 Å². The summed E-state index contributed by atoms with van der Waals surface area (Å²) in [5.41, 5.74) is 0.0552. The summed E-state index contributed by atoms with van der Waals surface area (Å²) in [6.45, 7) is 2.40. The largest absolute Gasteiger partial charge is 0.478 e. The Kier molecular flexibility index (Phi) is 3.75. The smallest absolute Gasteiger partial charge is 0.339 e. The number of furan rings is 2. The van der Waals surface area contributed by atoms with Gasteiger partial charge in [-0.3, -0.25) is 4.79 Å². The molecule has 6 nitrogen and oxygen atoms in total. The van der Waals surface area contributed by atoms with Gasteiger partial charge in [0.05, 0.1) is 12.3 Å². The Morgan fingerprint density at radius 3 is 2.86 bits per heavy atom. The molecule has 2 aromatic rings. The summed E-state index contributed by atoms with van der Waals surface area (Å²) in [6.07, 6.45) is 3.72. The fraction of sp³-hybridized carbons (Fsp3) is 0.375. The van der Waals surface area contributed by atoms with Gasteiger partial charge in [-0.15, -0.1) is 0 Å². The Balaban J connectivity index is 1.89.